The lowest BCUT2D eigenvalue weighted by atomic mass is 10.1. The fraction of sp³-hybridized carbons (Fsp3) is 0.143. The molecule has 154 valence electrons. The van der Waals surface area contributed by atoms with E-state index in [9.17, 15) is 18.3 Å². The minimum atomic E-state index is -4.43. The first-order valence-electron chi connectivity index (χ1n) is 8.87. The zero-order valence-corrected chi connectivity index (χ0v) is 16.9. The van der Waals surface area contributed by atoms with Gasteiger partial charge in [0, 0.05) is 22.5 Å². The highest BCUT2D eigenvalue weighted by atomic mass is 35.5. The van der Waals surface area contributed by atoms with Crippen LogP contribution in [-0.2, 0) is 12.7 Å². The molecule has 0 unspecified atom stereocenters. The van der Waals surface area contributed by atoms with Gasteiger partial charge < -0.3 is 10.0 Å². The van der Waals surface area contributed by atoms with Crippen LogP contribution >= 0.6 is 22.9 Å². The number of alkyl halides is 3. The van der Waals surface area contributed by atoms with E-state index in [-0.39, 0.29) is 30.3 Å². The zero-order chi connectivity index (χ0) is 21.5. The van der Waals surface area contributed by atoms with Crippen LogP contribution in [0.15, 0.2) is 59.7 Å². The van der Waals surface area contributed by atoms with E-state index in [4.69, 9.17) is 17.0 Å². The molecule has 30 heavy (non-hydrogen) atoms. The zero-order valence-electron chi connectivity index (χ0n) is 15.4. The Morgan fingerprint density at radius 3 is 2.67 bits per heavy atom. The summed E-state index contributed by atoms with van der Waals surface area (Å²) >= 11 is 7.48. The van der Waals surface area contributed by atoms with Crippen molar-refractivity contribution in [2.45, 2.75) is 12.7 Å². The molecule has 3 aromatic rings. The lowest BCUT2D eigenvalue weighted by Gasteiger charge is -2.19. The van der Waals surface area contributed by atoms with E-state index in [2.05, 4.69) is 4.98 Å². The number of aromatic nitrogens is 1. The molecule has 2 aromatic carbocycles. The minimum absolute atomic E-state index is 0.0185. The maximum atomic E-state index is 13.0. The molecule has 0 bridgehead atoms. The van der Waals surface area contributed by atoms with Gasteiger partial charge in [-0.25, -0.2) is 4.98 Å². The molecule has 4 rings (SSSR count). The molecule has 0 saturated carbocycles. The molecule has 0 spiro atoms. The smallest absolute Gasteiger partial charge is 0.416 e. The lowest BCUT2D eigenvalue weighted by Crippen LogP contribution is -2.26. The Morgan fingerprint density at radius 2 is 1.93 bits per heavy atom. The van der Waals surface area contributed by atoms with Crippen molar-refractivity contribution in [3.05, 3.63) is 80.8 Å². The first kappa shape index (κ1) is 20.4. The summed E-state index contributed by atoms with van der Waals surface area (Å²) in [7, 11) is 0. The molecule has 2 N–H and O–H groups in total. The number of nitrogens with zero attached hydrogens (tertiary/aromatic N) is 2. The van der Waals surface area contributed by atoms with Gasteiger partial charge in [0.1, 0.15) is 16.6 Å². The van der Waals surface area contributed by atoms with Crippen LogP contribution < -0.4 is 0 Å². The molecule has 4 nitrogen and oxygen atoms in total. The van der Waals surface area contributed by atoms with E-state index < -0.39 is 11.7 Å². The average molecular weight is 450 g/mol. The Balaban J connectivity index is 1.56. The molecule has 0 saturated heterocycles. The SMILES string of the molecule is N=C1C(c2nc(-c3ccccc3Cl)cs2)=C(O)CN1Cc1cccc(C(F)(F)F)c1. The maximum Gasteiger partial charge on any atom is 0.416 e. The van der Waals surface area contributed by atoms with Crippen LogP contribution in [0.5, 0.6) is 0 Å². The highest BCUT2D eigenvalue weighted by molar-refractivity contribution is 7.11. The van der Waals surface area contributed by atoms with E-state index >= 15 is 0 Å². The van der Waals surface area contributed by atoms with Crippen LogP contribution in [0.1, 0.15) is 16.1 Å². The quantitative estimate of drug-likeness (QED) is 0.495. The number of nitrogens with one attached hydrogen (secondary N) is 1. The first-order chi connectivity index (χ1) is 14.2. The first-order valence-corrected chi connectivity index (χ1v) is 10.1. The Bertz CT molecular complexity index is 1160. The van der Waals surface area contributed by atoms with Crippen LogP contribution in [0, 0.1) is 5.41 Å². The number of halogens is 4. The van der Waals surface area contributed by atoms with E-state index in [0.717, 1.165) is 17.7 Å². The summed E-state index contributed by atoms with van der Waals surface area (Å²) < 4.78 is 38.9. The number of aliphatic hydroxyl groups excluding tert-OH is 1. The summed E-state index contributed by atoms with van der Waals surface area (Å²) in [6, 6.07) is 12.2. The second-order valence-electron chi connectivity index (χ2n) is 6.74. The van der Waals surface area contributed by atoms with Crippen molar-refractivity contribution in [2.24, 2.45) is 0 Å². The molecule has 0 amide bonds. The van der Waals surface area contributed by atoms with Gasteiger partial charge in [-0.05, 0) is 23.8 Å². The van der Waals surface area contributed by atoms with Crippen LogP contribution in [0.3, 0.4) is 0 Å². The molecule has 1 aromatic heterocycles. The van der Waals surface area contributed by atoms with E-state index in [1.54, 1.807) is 17.5 Å². The van der Waals surface area contributed by atoms with Gasteiger partial charge in [0.15, 0.2) is 0 Å². The van der Waals surface area contributed by atoms with Gasteiger partial charge in [-0.1, -0.05) is 41.9 Å². The summed E-state index contributed by atoms with van der Waals surface area (Å²) in [5.74, 6) is -0.0167. The number of hydrogen-bond donors (Lipinski definition) is 2. The van der Waals surface area contributed by atoms with Gasteiger partial charge in [-0.2, -0.15) is 13.2 Å². The van der Waals surface area contributed by atoms with Gasteiger partial charge in [-0.3, -0.25) is 5.41 Å². The molecular weight excluding hydrogens is 435 g/mol. The summed E-state index contributed by atoms with van der Waals surface area (Å²) in [5, 5.41) is 21.7. The summed E-state index contributed by atoms with van der Waals surface area (Å²) in [5.41, 5.74) is 1.31. The Morgan fingerprint density at radius 1 is 1.17 bits per heavy atom. The number of aliphatic hydroxyl groups is 1. The molecular formula is C21H15ClF3N3OS. The highest BCUT2D eigenvalue weighted by Crippen LogP contribution is 2.35. The number of amidine groups is 1. The molecule has 0 radical (unpaired) electrons. The Labute approximate surface area is 179 Å². The summed E-state index contributed by atoms with van der Waals surface area (Å²) in [4.78, 5) is 6.02. The van der Waals surface area contributed by atoms with E-state index in [1.165, 1.54) is 22.3 Å². The fourth-order valence-corrected chi connectivity index (χ4v) is 4.36. The van der Waals surface area contributed by atoms with Crippen molar-refractivity contribution < 1.29 is 18.3 Å². The van der Waals surface area contributed by atoms with E-state index in [1.807, 2.05) is 18.2 Å². The summed E-state index contributed by atoms with van der Waals surface area (Å²) in [6.45, 7) is 0.102. The minimum Gasteiger partial charge on any atom is -0.510 e. The summed E-state index contributed by atoms with van der Waals surface area (Å²) in [6.07, 6.45) is -4.43. The predicted octanol–water partition coefficient (Wildman–Crippen LogP) is 6.24. The van der Waals surface area contributed by atoms with Crippen LogP contribution in [0.25, 0.3) is 16.8 Å². The van der Waals surface area contributed by atoms with Crippen LogP contribution in [0.4, 0.5) is 13.2 Å². The third-order valence-corrected chi connectivity index (χ3v) is 5.87. The van der Waals surface area contributed by atoms with Gasteiger partial charge in [0.2, 0.25) is 0 Å². The highest BCUT2D eigenvalue weighted by Gasteiger charge is 2.32. The second-order valence-corrected chi connectivity index (χ2v) is 8.01. The molecule has 0 aliphatic carbocycles. The Kier molecular flexibility index (Phi) is 5.29. The van der Waals surface area contributed by atoms with E-state index in [0.29, 0.717) is 21.3 Å². The van der Waals surface area contributed by atoms with Crippen molar-refractivity contribution in [3.63, 3.8) is 0 Å². The Hall–Kier alpha value is -2.84. The average Bonchev–Trinajstić information content (AvgIpc) is 3.26. The number of thiazole rings is 1. The lowest BCUT2D eigenvalue weighted by molar-refractivity contribution is -0.137. The molecule has 0 fully saturated rings. The number of benzene rings is 2. The van der Waals surface area contributed by atoms with Gasteiger partial charge in [0.05, 0.1) is 23.4 Å². The third kappa shape index (κ3) is 3.93. The van der Waals surface area contributed by atoms with Gasteiger partial charge in [-0.15, -0.1) is 11.3 Å². The fourth-order valence-electron chi connectivity index (χ4n) is 3.24. The molecule has 0 atom stereocenters. The van der Waals surface area contributed by atoms with Crippen molar-refractivity contribution in [3.8, 4) is 11.3 Å². The van der Waals surface area contributed by atoms with Crippen LogP contribution in [0.2, 0.25) is 5.02 Å². The molecule has 1 aliphatic rings. The standard InChI is InChI=1S/C21H15ClF3N3OS/c22-15-7-2-1-6-14(15)16-11-30-20(27-16)18-17(29)10-28(19(18)26)9-12-4-3-5-13(8-12)21(23,24)25/h1-8,11,26,29H,9-10H2. The maximum absolute atomic E-state index is 13.0. The largest absolute Gasteiger partial charge is 0.510 e. The molecule has 9 heteroatoms. The van der Waals surface area contributed by atoms with Gasteiger partial charge in [0.25, 0.3) is 0 Å². The van der Waals surface area contributed by atoms with Gasteiger partial charge >= 0.3 is 6.18 Å². The molecule has 2 heterocycles. The number of rotatable bonds is 4. The normalized spacial score (nSPS) is 14.7. The van der Waals surface area contributed by atoms with Crippen molar-refractivity contribution >= 4 is 34.3 Å². The van der Waals surface area contributed by atoms with Crippen molar-refractivity contribution in [1.29, 1.82) is 5.41 Å². The number of hydrogen-bond acceptors (Lipinski definition) is 4. The third-order valence-electron chi connectivity index (χ3n) is 4.68. The monoisotopic (exact) mass is 449 g/mol. The second kappa shape index (κ2) is 7.77. The topological polar surface area (TPSA) is 60.2 Å². The van der Waals surface area contributed by atoms with Crippen LogP contribution in [-0.4, -0.2) is 27.4 Å². The van der Waals surface area contributed by atoms with Crippen molar-refractivity contribution in [1.82, 2.24) is 9.88 Å². The molecule has 1 aliphatic heterocycles. The predicted molar refractivity (Wildman–Crippen MR) is 112 cm³/mol. The van der Waals surface area contributed by atoms with Crippen molar-refractivity contribution in [2.75, 3.05) is 6.54 Å².